The van der Waals surface area contributed by atoms with Crippen LogP contribution < -0.4 is 5.73 Å². The van der Waals surface area contributed by atoms with Gasteiger partial charge in [0, 0.05) is 5.02 Å². The number of halogens is 3. The first-order valence-corrected chi connectivity index (χ1v) is 4.14. The van der Waals surface area contributed by atoms with Crippen LogP contribution in [0.5, 0.6) is 0 Å². The van der Waals surface area contributed by atoms with Crippen LogP contribution in [0.1, 0.15) is 10.4 Å². The lowest BCUT2D eigenvalue weighted by Crippen LogP contribution is -2.13. The minimum atomic E-state index is -0.837. The van der Waals surface area contributed by atoms with Gasteiger partial charge >= 0.3 is 0 Å². The molecule has 0 spiro atoms. The Balaban J connectivity index is 3.37. The number of nitrogens with two attached hydrogens (primary N) is 1. The molecular weight excluding hydrogens is 248 g/mol. The summed E-state index contributed by atoms with van der Waals surface area (Å²) in [5, 5.41) is 0.261. The predicted octanol–water partition coefficient (Wildman–Crippen LogP) is 2.34. The van der Waals surface area contributed by atoms with Gasteiger partial charge in [0.05, 0.1) is 10.0 Å². The van der Waals surface area contributed by atoms with E-state index in [-0.39, 0.29) is 15.1 Å². The molecule has 0 aliphatic heterocycles. The highest BCUT2D eigenvalue weighted by molar-refractivity contribution is 9.10. The van der Waals surface area contributed by atoms with E-state index >= 15 is 0 Å². The normalized spacial score (nSPS) is 9.92. The molecule has 0 bridgehead atoms. The molecule has 64 valence electrons. The highest BCUT2D eigenvalue weighted by Crippen LogP contribution is 2.23. The second-order valence-corrected chi connectivity index (χ2v) is 3.40. The summed E-state index contributed by atoms with van der Waals surface area (Å²) in [6, 6.07) is 2.54. The maximum atomic E-state index is 13.0. The Bertz CT molecular complexity index is 342. The molecular formula is C7H4BrClFNO. The molecule has 1 rings (SSSR count). The quantitative estimate of drug-likeness (QED) is 0.766. The van der Waals surface area contributed by atoms with Gasteiger partial charge in [0.25, 0.3) is 5.91 Å². The summed E-state index contributed by atoms with van der Waals surface area (Å²) in [6.45, 7) is 0. The summed E-state index contributed by atoms with van der Waals surface area (Å²) in [5.41, 5.74) is 4.68. The Hall–Kier alpha value is -0.610. The van der Waals surface area contributed by atoms with Crippen molar-refractivity contribution < 1.29 is 9.18 Å². The van der Waals surface area contributed by atoms with E-state index in [4.69, 9.17) is 17.3 Å². The fourth-order valence-corrected chi connectivity index (χ4v) is 1.55. The molecule has 2 nitrogen and oxygen atoms in total. The molecule has 0 saturated carbocycles. The van der Waals surface area contributed by atoms with E-state index in [9.17, 15) is 9.18 Å². The van der Waals surface area contributed by atoms with E-state index in [0.29, 0.717) is 0 Å². The van der Waals surface area contributed by atoms with Gasteiger partial charge in [-0.2, -0.15) is 0 Å². The van der Waals surface area contributed by atoms with Gasteiger partial charge in [0.15, 0.2) is 0 Å². The predicted molar refractivity (Wildman–Crippen MR) is 47.6 cm³/mol. The van der Waals surface area contributed by atoms with Crippen molar-refractivity contribution in [1.29, 1.82) is 0 Å². The zero-order valence-electron chi connectivity index (χ0n) is 5.77. The third-order valence-electron chi connectivity index (χ3n) is 1.26. The van der Waals surface area contributed by atoms with E-state index in [0.717, 1.165) is 0 Å². The molecule has 0 atom stereocenters. The molecule has 1 aromatic rings. The summed E-state index contributed by atoms with van der Waals surface area (Å²) in [7, 11) is 0. The maximum Gasteiger partial charge on any atom is 0.251 e. The number of hydrogen-bond donors (Lipinski definition) is 1. The second kappa shape index (κ2) is 3.41. The smallest absolute Gasteiger partial charge is 0.251 e. The van der Waals surface area contributed by atoms with Gasteiger partial charge in [-0.05, 0) is 28.1 Å². The molecule has 2 N–H and O–H groups in total. The summed E-state index contributed by atoms with van der Waals surface area (Å²) in [5.74, 6) is -1.53. The Labute approximate surface area is 81.6 Å². The van der Waals surface area contributed by atoms with Crippen molar-refractivity contribution >= 4 is 33.4 Å². The Morgan fingerprint density at radius 1 is 1.58 bits per heavy atom. The monoisotopic (exact) mass is 251 g/mol. The van der Waals surface area contributed by atoms with E-state index in [2.05, 4.69) is 15.9 Å². The summed E-state index contributed by atoms with van der Waals surface area (Å²) >= 11 is 8.46. The first-order chi connectivity index (χ1) is 5.52. The molecule has 0 saturated heterocycles. The highest BCUT2D eigenvalue weighted by Gasteiger charge is 2.12. The summed E-state index contributed by atoms with van der Waals surface area (Å²) in [6.07, 6.45) is 0. The molecule has 0 aromatic heterocycles. The van der Waals surface area contributed by atoms with Gasteiger partial charge in [-0.3, -0.25) is 4.79 Å². The first-order valence-electron chi connectivity index (χ1n) is 2.96. The number of rotatable bonds is 1. The molecule has 1 amide bonds. The van der Waals surface area contributed by atoms with Crippen LogP contribution in [-0.4, -0.2) is 5.91 Å². The lowest BCUT2D eigenvalue weighted by atomic mass is 10.2. The zero-order valence-corrected chi connectivity index (χ0v) is 8.12. The van der Waals surface area contributed by atoms with E-state index < -0.39 is 11.7 Å². The van der Waals surface area contributed by atoms with Crippen molar-refractivity contribution in [3.8, 4) is 0 Å². The van der Waals surface area contributed by atoms with Crippen LogP contribution in [0.25, 0.3) is 0 Å². The van der Waals surface area contributed by atoms with Gasteiger partial charge in [-0.15, -0.1) is 0 Å². The summed E-state index contributed by atoms with van der Waals surface area (Å²) in [4.78, 5) is 10.6. The topological polar surface area (TPSA) is 43.1 Å². The van der Waals surface area contributed by atoms with Crippen LogP contribution >= 0.6 is 27.5 Å². The minimum absolute atomic E-state index is 0.129. The molecule has 5 heteroatoms. The molecule has 0 aliphatic carbocycles. The van der Waals surface area contributed by atoms with Crippen molar-refractivity contribution in [3.05, 3.63) is 33.0 Å². The van der Waals surface area contributed by atoms with Gasteiger partial charge in [-0.1, -0.05) is 11.6 Å². The van der Waals surface area contributed by atoms with Crippen molar-refractivity contribution in [2.75, 3.05) is 0 Å². The average Bonchev–Trinajstić information content (AvgIpc) is 1.96. The molecule has 0 heterocycles. The van der Waals surface area contributed by atoms with Crippen molar-refractivity contribution in [3.63, 3.8) is 0 Å². The van der Waals surface area contributed by atoms with E-state index in [1.54, 1.807) is 0 Å². The Kier molecular flexibility index (Phi) is 2.69. The molecule has 1 aromatic carbocycles. The minimum Gasteiger partial charge on any atom is -0.366 e. The highest BCUT2D eigenvalue weighted by atomic mass is 79.9. The van der Waals surface area contributed by atoms with Crippen LogP contribution in [0.15, 0.2) is 16.6 Å². The fourth-order valence-electron chi connectivity index (χ4n) is 0.735. The van der Waals surface area contributed by atoms with Crippen molar-refractivity contribution in [2.45, 2.75) is 0 Å². The van der Waals surface area contributed by atoms with Crippen LogP contribution in [-0.2, 0) is 0 Å². The Morgan fingerprint density at radius 2 is 2.17 bits per heavy atom. The number of hydrogen-bond acceptors (Lipinski definition) is 1. The standard InChI is InChI=1S/C7H4BrClFNO/c8-5-2-3(9)1-4(6(5)10)7(11)12/h1-2H,(H2,11,12). The van der Waals surface area contributed by atoms with Crippen LogP contribution in [0.3, 0.4) is 0 Å². The lowest BCUT2D eigenvalue weighted by molar-refractivity contribution is 0.0996. The van der Waals surface area contributed by atoms with Gasteiger partial charge in [0.1, 0.15) is 5.82 Å². The zero-order chi connectivity index (χ0) is 9.30. The van der Waals surface area contributed by atoms with Gasteiger partial charge in [-0.25, -0.2) is 4.39 Å². The molecule has 0 radical (unpaired) electrons. The number of carbonyl (C=O) groups is 1. The number of benzene rings is 1. The van der Waals surface area contributed by atoms with Gasteiger partial charge in [0.2, 0.25) is 0 Å². The number of amides is 1. The Morgan fingerprint density at radius 3 is 2.67 bits per heavy atom. The third-order valence-corrected chi connectivity index (χ3v) is 2.05. The van der Waals surface area contributed by atoms with Crippen molar-refractivity contribution in [1.82, 2.24) is 0 Å². The molecule has 0 unspecified atom stereocenters. The fraction of sp³-hybridized carbons (Fsp3) is 0. The average molecular weight is 252 g/mol. The van der Waals surface area contributed by atoms with Crippen molar-refractivity contribution in [2.24, 2.45) is 5.73 Å². The SMILES string of the molecule is NC(=O)c1cc(Cl)cc(Br)c1F. The number of primary amides is 1. The van der Waals surface area contributed by atoms with Crippen LogP contribution in [0, 0.1) is 5.82 Å². The van der Waals surface area contributed by atoms with E-state index in [1.807, 2.05) is 0 Å². The molecule has 12 heavy (non-hydrogen) atoms. The van der Waals surface area contributed by atoms with Crippen LogP contribution in [0.2, 0.25) is 5.02 Å². The first kappa shape index (κ1) is 9.48. The van der Waals surface area contributed by atoms with Crippen LogP contribution in [0.4, 0.5) is 4.39 Å². The lowest BCUT2D eigenvalue weighted by Gasteiger charge is -2.00. The molecule has 0 aliphatic rings. The van der Waals surface area contributed by atoms with E-state index in [1.165, 1.54) is 12.1 Å². The largest absolute Gasteiger partial charge is 0.366 e. The third kappa shape index (κ3) is 1.76. The number of carbonyl (C=O) groups excluding carboxylic acids is 1. The molecule has 0 fully saturated rings. The maximum absolute atomic E-state index is 13.0. The second-order valence-electron chi connectivity index (χ2n) is 2.11. The van der Waals surface area contributed by atoms with Gasteiger partial charge < -0.3 is 5.73 Å². The summed E-state index contributed by atoms with van der Waals surface area (Å²) < 4.78 is 13.2.